The molecular weight excluding hydrogens is 228 g/mol. The van der Waals surface area contributed by atoms with Gasteiger partial charge in [-0.05, 0) is 48.0 Å². The van der Waals surface area contributed by atoms with Gasteiger partial charge in [0.15, 0.2) is 0 Å². The van der Waals surface area contributed by atoms with E-state index in [2.05, 4.69) is 22.5 Å². The van der Waals surface area contributed by atoms with E-state index in [-0.39, 0.29) is 5.60 Å². The van der Waals surface area contributed by atoms with Gasteiger partial charge in [-0.2, -0.15) is 0 Å². The second-order valence-corrected chi connectivity index (χ2v) is 4.19. The third-order valence-corrected chi connectivity index (χ3v) is 2.36. The Balaban J connectivity index is 2.86. The van der Waals surface area contributed by atoms with Gasteiger partial charge in [-0.15, -0.1) is 0 Å². The molecule has 0 aliphatic rings. The zero-order valence-electron chi connectivity index (χ0n) is 7.88. The van der Waals surface area contributed by atoms with Crippen molar-refractivity contribution in [1.29, 1.82) is 0 Å². The van der Waals surface area contributed by atoms with E-state index in [1.807, 2.05) is 38.1 Å². The Bertz CT molecular complexity index is 305. The van der Waals surface area contributed by atoms with Crippen LogP contribution in [0.25, 0.3) is 0 Å². The molecule has 0 aliphatic heterocycles. The van der Waals surface area contributed by atoms with Crippen molar-refractivity contribution in [3.8, 4) is 5.75 Å². The molecule has 13 heavy (non-hydrogen) atoms. The molecule has 0 bridgehead atoms. The van der Waals surface area contributed by atoms with Crippen LogP contribution in [0.3, 0.4) is 0 Å². The van der Waals surface area contributed by atoms with Crippen molar-refractivity contribution >= 4 is 15.9 Å². The van der Waals surface area contributed by atoms with Crippen molar-refractivity contribution in [2.24, 2.45) is 0 Å². The summed E-state index contributed by atoms with van der Waals surface area (Å²) < 4.78 is 6.68. The van der Waals surface area contributed by atoms with Gasteiger partial charge in [-0.1, -0.05) is 18.7 Å². The zero-order chi connectivity index (χ0) is 9.90. The summed E-state index contributed by atoms with van der Waals surface area (Å²) >= 11 is 3.42. The predicted molar refractivity (Wildman–Crippen MR) is 59.0 cm³/mol. The maximum absolute atomic E-state index is 5.72. The summed E-state index contributed by atoms with van der Waals surface area (Å²) in [7, 11) is 0. The van der Waals surface area contributed by atoms with Gasteiger partial charge in [0.1, 0.15) is 11.4 Å². The molecule has 0 fully saturated rings. The third kappa shape index (κ3) is 2.88. The maximum atomic E-state index is 5.72. The van der Waals surface area contributed by atoms with Crippen molar-refractivity contribution in [2.75, 3.05) is 0 Å². The molecule has 2 heteroatoms. The topological polar surface area (TPSA) is 9.23 Å². The molecule has 0 unspecified atom stereocenters. The molecule has 0 aromatic heterocycles. The summed E-state index contributed by atoms with van der Waals surface area (Å²) in [5, 5.41) is 0. The Morgan fingerprint density at radius 2 is 2.00 bits per heavy atom. The molecule has 0 N–H and O–H groups in total. The van der Waals surface area contributed by atoms with Gasteiger partial charge < -0.3 is 4.74 Å². The zero-order valence-corrected chi connectivity index (χ0v) is 9.47. The molecule has 0 spiro atoms. The van der Waals surface area contributed by atoms with Crippen molar-refractivity contribution in [3.05, 3.63) is 41.4 Å². The lowest BCUT2D eigenvalue weighted by Crippen LogP contribution is -2.24. The van der Waals surface area contributed by atoms with Crippen molar-refractivity contribution in [3.63, 3.8) is 0 Å². The summed E-state index contributed by atoms with van der Waals surface area (Å²) in [5.41, 5.74) is -0.329. The van der Waals surface area contributed by atoms with Crippen LogP contribution in [0.2, 0.25) is 0 Å². The predicted octanol–water partition coefficient (Wildman–Crippen LogP) is 3.79. The molecule has 0 radical (unpaired) electrons. The van der Waals surface area contributed by atoms with Crippen LogP contribution in [0, 0.1) is 0 Å². The second kappa shape index (κ2) is 3.97. The van der Waals surface area contributed by atoms with Crippen LogP contribution in [-0.4, -0.2) is 5.60 Å². The van der Waals surface area contributed by atoms with Gasteiger partial charge in [0.05, 0.1) is 4.47 Å². The maximum Gasteiger partial charge on any atom is 0.134 e. The van der Waals surface area contributed by atoms with Crippen LogP contribution in [0.15, 0.2) is 41.4 Å². The first-order valence-corrected chi connectivity index (χ1v) is 4.91. The lowest BCUT2D eigenvalue weighted by molar-refractivity contribution is 0.161. The lowest BCUT2D eigenvalue weighted by atomic mass is 10.1. The molecule has 0 saturated heterocycles. The molecule has 0 amide bonds. The van der Waals surface area contributed by atoms with E-state index in [1.165, 1.54) is 0 Å². The highest BCUT2D eigenvalue weighted by Crippen LogP contribution is 2.27. The van der Waals surface area contributed by atoms with Crippen LogP contribution < -0.4 is 4.74 Å². The van der Waals surface area contributed by atoms with Gasteiger partial charge in [0.2, 0.25) is 0 Å². The molecule has 1 nitrogen and oxygen atoms in total. The highest BCUT2D eigenvalue weighted by atomic mass is 79.9. The highest BCUT2D eigenvalue weighted by Gasteiger charge is 2.15. The Hall–Kier alpha value is -0.760. The lowest BCUT2D eigenvalue weighted by Gasteiger charge is -2.22. The summed E-state index contributed by atoms with van der Waals surface area (Å²) in [6, 6.07) is 7.78. The normalized spacial score (nSPS) is 11.0. The van der Waals surface area contributed by atoms with Gasteiger partial charge in [0.25, 0.3) is 0 Å². The Kier molecular flexibility index (Phi) is 3.15. The van der Waals surface area contributed by atoms with Crippen LogP contribution >= 0.6 is 15.9 Å². The van der Waals surface area contributed by atoms with Crippen LogP contribution in [0.1, 0.15) is 13.8 Å². The highest BCUT2D eigenvalue weighted by molar-refractivity contribution is 9.10. The van der Waals surface area contributed by atoms with Crippen molar-refractivity contribution in [1.82, 2.24) is 0 Å². The number of hydrogen-bond acceptors (Lipinski definition) is 1. The van der Waals surface area contributed by atoms with Crippen molar-refractivity contribution in [2.45, 2.75) is 19.4 Å². The van der Waals surface area contributed by atoms with E-state index in [4.69, 9.17) is 4.74 Å². The fourth-order valence-corrected chi connectivity index (χ4v) is 1.22. The first-order chi connectivity index (χ1) is 6.05. The Morgan fingerprint density at radius 3 is 2.54 bits per heavy atom. The molecule has 70 valence electrons. The van der Waals surface area contributed by atoms with Gasteiger partial charge >= 0.3 is 0 Å². The van der Waals surface area contributed by atoms with Crippen LogP contribution in [0.4, 0.5) is 0 Å². The van der Waals surface area contributed by atoms with Crippen LogP contribution in [0.5, 0.6) is 5.75 Å². The van der Waals surface area contributed by atoms with Gasteiger partial charge in [0, 0.05) is 0 Å². The first-order valence-electron chi connectivity index (χ1n) is 4.12. The number of rotatable bonds is 3. The van der Waals surface area contributed by atoms with E-state index in [9.17, 15) is 0 Å². The molecule has 0 aliphatic carbocycles. The summed E-state index contributed by atoms with van der Waals surface area (Å²) in [4.78, 5) is 0. The summed E-state index contributed by atoms with van der Waals surface area (Å²) in [5.74, 6) is 0.840. The molecule has 0 atom stereocenters. The summed E-state index contributed by atoms with van der Waals surface area (Å²) in [6.45, 7) is 7.66. The number of benzene rings is 1. The Labute approximate surface area is 87.5 Å². The van der Waals surface area contributed by atoms with Gasteiger partial charge in [-0.3, -0.25) is 0 Å². The molecule has 0 saturated carbocycles. The smallest absolute Gasteiger partial charge is 0.134 e. The standard InChI is InChI=1S/C11H13BrO/c1-4-11(2,3)13-10-8-6-5-7-9(10)12/h4-8H,1H2,2-3H3. The molecular formula is C11H13BrO. The Morgan fingerprint density at radius 1 is 1.38 bits per heavy atom. The minimum absolute atomic E-state index is 0.329. The minimum atomic E-state index is -0.329. The number of para-hydroxylation sites is 1. The number of ether oxygens (including phenoxy) is 1. The van der Waals surface area contributed by atoms with E-state index in [0.29, 0.717) is 0 Å². The summed E-state index contributed by atoms with van der Waals surface area (Å²) in [6.07, 6.45) is 1.78. The monoisotopic (exact) mass is 240 g/mol. The van der Waals surface area contributed by atoms with E-state index in [0.717, 1.165) is 10.2 Å². The van der Waals surface area contributed by atoms with E-state index in [1.54, 1.807) is 6.08 Å². The minimum Gasteiger partial charge on any atom is -0.483 e. The van der Waals surface area contributed by atoms with Gasteiger partial charge in [-0.25, -0.2) is 0 Å². The molecule has 1 rings (SSSR count). The average molecular weight is 241 g/mol. The molecule has 1 aromatic rings. The number of halogens is 1. The van der Waals surface area contributed by atoms with E-state index >= 15 is 0 Å². The second-order valence-electron chi connectivity index (χ2n) is 3.34. The van der Waals surface area contributed by atoms with Crippen LogP contribution in [-0.2, 0) is 0 Å². The van der Waals surface area contributed by atoms with Crippen molar-refractivity contribution < 1.29 is 4.74 Å². The first kappa shape index (κ1) is 10.3. The number of hydrogen-bond donors (Lipinski definition) is 0. The molecule has 1 aromatic carbocycles. The fraction of sp³-hybridized carbons (Fsp3) is 0.273. The quantitative estimate of drug-likeness (QED) is 0.731. The average Bonchev–Trinajstić information content (AvgIpc) is 2.09. The molecule has 0 heterocycles. The SMILES string of the molecule is C=CC(C)(C)Oc1ccccc1Br. The van der Waals surface area contributed by atoms with E-state index < -0.39 is 0 Å². The largest absolute Gasteiger partial charge is 0.483 e. The fourth-order valence-electron chi connectivity index (χ4n) is 0.853. The third-order valence-electron chi connectivity index (χ3n) is 1.70.